The van der Waals surface area contributed by atoms with Crippen molar-refractivity contribution < 1.29 is 14.5 Å². The fourth-order valence-electron chi connectivity index (χ4n) is 3.52. The van der Waals surface area contributed by atoms with Gasteiger partial charge in [-0.3, -0.25) is 14.9 Å². The molecule has 0 radical (unpaired) electrons. The van der Waals surface area contributed by atoms with Crippen molar-refractivity contribution in [2.24, 2.45) is 5.10 Å². The molecular weight excluding hydrogens is 382 g/mol. The summed E-state index contributed by atoms with van der Waals surface area (Å²) in [5, 5.41) is 16.9. The molecule has 3 aromatic rings. The number of nitrogens with zero attached hydrogens (tertiary/aromatic N) is 3. The Morgan fingerprint density at radius 2 is 1.57 bits per heavy atom. The summed E-state index contributed by atoms with van der Waals surface area (Å²) in [4.78, 5) is 23.2. The second-order valence-electron chi connectivity index (χ2n) is 7.04. The van der Waals surface area contributed by atoms with Crippen molar-refractivity contribution in [2.45, 2.75) is 19.6 Å². The van der Waals surface area contributed by atoms with Crippen LogP contribution in [0.2, 0.25) is 0 Å². The van der Waals surface area contributed by atoms with E-state index in [0.29, 0.717) is 5.56 Å². The lowest BCUT2D eigenvalue weighted by Gasteiger charge is -2.31. The standard InChI is InChI=1S/C23H19N3O4/c1-16(27)25-23(2,19-14-12-18(13-15-19)17-8-4-3-5-9-17)30-22(24-25)20-10-6-7-11-21(20)26(28)29/h3-15H,1-2H3/t23-/m0/s1. The van der Waals surface area contributed by atoms with Crippen molar-refractivity contribution in [2.75, 3.05) is 0 Å². The number of ether oxygens (including phenoxy) is 1. The van der Waals surface area contributed by atoms with Gasteiger partial charge >= 0.3 is 0 Å². The molecule has 1 aliphatic heterocycles. The maximum Gasteiger partial charge on any atom is 0.282 e. The van der Waals surface area contributed by atoms with Crippen molar-refractivity contribution in [3.63, 3.8) is 0 Å². The second-order valence-corrected chi connectivity index (χ2v) is 7.04. The van der Waals surface area contributed by atoms with Gasteiger partial charge in [0.25, 0.3) is 5.69 Å². The molecule has 1 aliphatic rings. The first kappa shape index (κ1) is 19.3. The lowest BCUT2D eigenvalue weighted by Crippen LogP contribution is -2.41. The third kappa shape index (κ3) is 3.30. The maximum atomic E-state index is 12.3. The molecule has 0 fully saturated rings. The number of carbonyl (C=O) groups is 1. The van der Waals surface area contributed by atoms with E-state index in [9.17, 15) is 14.9 Å². The molecular formula is C23H19N3O4. The molecule has 0 unspecified atom stereocenters. The number of amides is 1. The minimum Gasteiger partial charge on any atom is -0.443 e. The summed E-state index contributed by atoms with van der Waals surface area (Å²) in [5.74, 6) is -0.301. The Balaban J connectivity index is 1.72. The number of carbonyl (C=O) groups excluding carboxylic acids is 1. The van der Waals surface area contributed by atoms with Crippen LogP contribution in [0.25, 0.3) is 11.1 Å². The van der Waals surface area contributed by atoms with Gasteiger partial charge in [-0.25, -0.2) is 0 Å². The molecule has 0 saturated carbocycles. The number of hydrogen-bond acceptors (Lipinski definition) is 5. The molecule has 0 spiro atoms. The van der Waals surface area contributed by atoms with Crippen molar-refractivity contribution in [3.8, 4) is 11.1 Å². The van der Waals surface area contributed by atoms with Crippen molar-refractivity contribution in [1.29, 1.82) is 0 Å². The van der Waals surface area contributed by atoms with Gasteiger partial charge in [0.15, 0.2) is 0 Å². The van der Waals surface area contributed by atoms with E-state index in [2.05, 4.69) is 5.10 Å². The molecule has 7 nitrogen and oxygen atoms in total. The zero-order chi connectivity index (χ0) is 21.3. The quantitative estimate of drug-likeness (QED) is 0.469. The first-order chi connectivity index (χ1) is 14.4. The van der Waals surface area contributed by atoms with E-state index >= 15 is 0 Å². The van der Waals surface area contributed by atoms with Crippen LogP contribution in [0.1, 0.15) is 25.0 Å². The van der Waals surface area contributed by atoms with Crippen LogP contribution < -0.4 is 0 Å². The van der Waals surface area contributed by atoms with Crippen LogP contribution >= 0.6 is 0 Å². The third-order valence-corrected chi connectivity index (χ3v) is 5.05. The summed E-state index contributed by atoms with van der Waals surface area (Å²) in [5.41, 5.74) is 1.66. The zero-order valence-corrected chi connectivity index (χ0v) is 16.5. The Hall–Kier alpha value is -4.00. The van der Waals surface area contributed by atoms with Gasteiger partial charge in [-0.2, -0.15) is 5.01 Å². The minimum absolute atomic E-state index is 0.0344. The molecule has 150 valence electrons. The number of hydrazone groups is 1. The number of para-hydroxylation sites is 1. The average Bonchev–Trinajstić information content (AvgIpc) is 3.13. The third-order valence-electron chi connectivity index (χ3n) is 5.05. The molecule has 1 amide bonds. The van der Waals surface area contributed by atoms with Crippen LogP contribution in [0.15, 0.2) is 84.0 Å². The van der Waals surface area contributed by atoms with Crippen LogP contribution in [0.4, 0.5) is 5.69 Å². The van der Waals surface area contributed by atoms with Crippen LogP contribution in [0.5, 0.6) is 0 Å². The second kappa shape index (κ2) is 7.44. The average molecular weight is 401 g/mol. The van der Waals surface area contributed by atoms with Crippen LogP contribution in [-0.2, 0) is 15.3 Å². The van der Waals surface area contributed by atoms with Gasteiger partial charge in [0.2, 0.25) is 17.5 Å². The van der Waals surface area contributed by atoms with E-state index in [4.69, 9.17) is 4.74 Å². The molecule has 1 heterocycles. The highest BCUT2D eigenvalue weighted by molar-refractivity contribution is 6.00. The van der Waals surface area contributed by atoms with Gasteiger partial charge in [-0.05, 0) is 17.2 Å². The van der Waals surface area contributed by atoms with Gasteiger partial charge in [-0.1, -0.05) is 66.7 Å². The number of nitro groups is 1. The molecule has 0 N–H and O–H groups in total. The fraction of sp³-hybridized carbons (Fsp3) is 0.130. The number of rotatable bonds is 4. The highest BCUT2D eigenvalue weighted by Crippen LogP contribution is 2.38. The van der Waals surface area contributed by atoms with E-state index < -0.39 is 10.6 Å². The van der Waals surface area contributed by atoms with Crippen molar-refractivity contribution >= 4 is 17.5 Å². The largest absolute Gasteiger partial charge is 0.443 e. The van der Waals surface area contributed by atoms with Crippen LogP contribution in [0, 0.1) is 10.1 Å². The van der Waals surface area contributed by atoms with Crippen molar-refractivity contribution in [3.05, 3.63) is 100 Å². The van der Waals surface area contributed by atoms with Gasteiger partial charge in [0, 0.05) is 25.5 Å². The van der Waals surface area contributed by atoms with Gasteiger partial charge < -0.3 is 4.74 Å². The summed E-state index contributed by atoms with van der Waals surface area (Å²) >= 11 is 0. The molecule has 0 aromatic heterocycles. The van der Waals surface area contributed by atoms with E-state index in [-0.39, 0.29) is 23.1 Å². The topological polar surface area (TPSA) is 85.0 Å². The molecule has 3 aromatic carbocycles. The predicted octanol–water partition coefficient (Wildman–Crippen LogP) is 4.68. The fourth-order valence-corrected chi connectivity index (χ4v) is 3.52. The SMILES string of the molecule is CC(=O)N1N=C(c2ccccc2[N+](=O)[O-])O[C@@]1(C)c1ccc(-c2ccccc2)cc1. The summed E-state index contributed by atoms with van der Waals surface area (Å²) in [7, 11) is 0. The van der Waals surface area contributed by atoms with Gasteiger partial charge in [0.05, 0.1) is 4.92 Å². The smallest absolute Gasteiger partial charge is 0.282 e. The Labute approximate surface area is 173 Å². The first-order valence-electron chi connectivity index (χ1n) is 9.38. The maximum absolute atomic E-state index is 12.3. The van der Waals surface area contributed by atoms with Crippen LogP contribution in [-0.4, -0.2) is 21.7 Å². The summed E-state index contributed by atoms with van der Waals surface area (Å²) in [6.07, 6.45) is 0. The normalized spacial score (nSPS) is 17.9. The van der Waals surface area contributed by atoms with E-state index in [0.717, 1.165) is 11.1 Å². The summed E-state index contributed by atoms with van der Waals surface area (Å²) in [6, 6.07) is 23.7. The Bertz CT molecular complexity index is 1140. The Kier molecular flexibility index (Phi) is 4.79. The zero-order valence-electron chi connectivity index (χ0n) is 16.5. The highest BCUT2D eigenvalue weighted by Gasteiger charge is 2.46. The molecule has 0 saturated heterocycles. The molecule has 7 heteroatoms. The molecule has 0 bridgehead atoms. The molecule has 4 rings (SSSR count). The van der Waals surface area contributed by atoms with Gasteiger partial charge in [-0.15, -0.1) is 5.10 Å². The van der Waals surface area contributed by atoms with E-state index in [1.54, 1.807) is 25.1 Å². The van der Waals surface area contributed by atoms with Crippen LogP contribution in [0.3, 0.4) is 0 Å². The summed E-state index contributed by atoms with van der Waals surface area (Å²) in [6.45, 7) is 3.10. The highest BCUT2D eigenvalue weighted by atomic mass is 16.6. The molecule has 1 atom stereocenters. The first-order valence-corrected chi connectivity index (χ1v) is 9.38. The number of hydrogen-bond donors (Lipinski definition) is 0. The Morgan fingerprint density at radius 3 is 2.20 bits per heavy atom. The molecule has 30 heavy (non-hydrogen) atoms. The van der Waals surface area contributed by atoms with Gasteiger partial charge in [0.1, 0.15) is 5.56 Å². The minimum atomic E-state index is -1.22. The monoisotopic (exact) mass is 401 g/mol. The number of benzene rings is 3. The summed E-state index contributed by atoms with van der Waals surface area (Å²) < 4.78 is 6.08. The Morgan fingerprint density at radius 1 is 0.967 bits per heavy atom. The molecule has 0 aliphatic carbocycles. The lowest BCUT2D eigenvalue weighted by molar-refractivity contribution is -0.385. The van der Waals surface area contributed by atoms with E-state index in [1.807, 2.05) is 54.6 Å². The van der Waals surface area contributed by atoms with Crippen molar-refractivity contribution in [1.82, 2.24) is 5.01 Å². The lowest BCUT2D eigenvalue weighted by atomic mass is 9.99. The van der Waals surface area contributed by atoms with E-state index in [1.165, 1.54) is 18.0 Å². The predicted molar refractivity (Wildman–Crippen MR) is 112 cm³/mol. The number of nitro benzene ring substituents is 1.